The van der Waals surface area contributed by atoms with Gasteiger partial charge in [-0.25, -0.2) is 23.3 Å². The highest BCUT2D eigenvalue weighted by Gasteiger charge is 2.33. The van der Waals surface area contributed by atoms with E-state index in [0.29, 0.717) is 18.8 Å². The quantitative estimate of drug-likeness (QED) is 0.771. The fraction of sp³-hybridized carbons (Fsp3) is 0.438. The number of hydrogen-bond acceptors (Lipinski definition) is 5. The molecule has 1 N–H and O–H groups in total. The Kier molecular flexibility index (Phi) is 4.09. The van der Waals surface area contributed by atoms with Gasteiger partial charge in [0.2, 0.25) is 0 Å². The van der Waals surface area contributed by atoms with Crippen molar-refractivity contribution in [2.24, 2.45) is 5.92 Å². The summed E-state index contributed by atoms with van der Waals surface area (Å²) in [6, 6.07) is 1.37. The monoisotopic (exact) mass is 361 g/mol. The second kappa shape index (κ2) is 6.43. The number of halogens is 2. The number of carbonyl (C=O) groups is 1. The molecule has 1 aliphatic heterocycles. The normalized spacial score (nSPS) is 20.8. The van der Waals surface area contributed by atoms with Crippen LogP contribution in [0.15, 0.2) is 24.8 Å². The van der Waals surface area contributed by atoms with Gasteiger partial charge in [0.1, 0.15) is 12.0 Å². The highest BCUT2D eigenvalue weighted by molar-refractivity contribution is 5.90. The molecule has 1 amide bonds. The zero-order chi connectivity index (χ0) is 18.3. The summed E-state index contributed by atoms with van der Waals surface area (Å²) >= 11 is 0. The molecule has 10 heteroatoms. The molecular weight excluding hydrogens is 344 g/mol. The number of rotatable bonds is 3. The Labute approximate surface area is 147 Å². The lowest BCUT2D eigenvalue weighted by molar-refractivity contribution is 0.0654. The summed E-state index contributed by atoms with van der Waals surface area (Å²) in [4.78, 5) is 28.9. The van der Waals surface area contributed by atoms with Crippen LogP contribution in [-0.4, -0.2) is 53.4 Å². The van der Waals surface area contributed by atoms with Crippen LogP contribution in [0.2, 0.25) is 0 Å². The highest BCUT2D eigenvalue weighted by Crippen LogP contribution is 2.33. The van der Waals surface area contributed by atoms with Gasteiger partial charge < -0.3 is 9.88 Å². The number of amides is 1. The minimum Gasteiger partial charge on any atom is -0.341 e. The molecule has 3 aromatic heterocycles. The molecule has 2 atom stereocenters. The SMILES string of the molecule is CC1CCN(C(=O)c2ncc[nH]2)C[C@H]1c1cc(C(F)F)nc2ncnn12. The second-order valence-electron chi connectivity index (χ2n) is 6.44. The number of nitrogens with zero attached hydrogens (tertiary/aromatic N) is 6. The molecule has 0 saturated carbocycles. The predicted octanol–water partition coefficient (Wildman–Crippen LogP) is 2.05. The van der Waals surface area contributed by atoms with Crippen molar-refractivity contribution in [1.82, 2.24) is 34.4 Å². The van der Waals surface area contributed by atoms with Crippen molar-refractivity contribution in [3.63, 3.8) is 0 Å². The van der Waals surface area contributed by atoms with Gasteiger partial charge >= 0.3 is 0 Å². The first-order valence-electron chi connectivity index (χ1n) is 8.32. The van der Waals surface area contributed by atoms with Gasteiger partial charge in [-0.05, 0) is 18.4 Å². The van der Waals surface area contributed by atoms with E-state index in [9.17, 15) is 13.6 Å². The summed E-state index contributed by atoms with van der Waals surface area (Å²) in [5, 5.41) is 4.12. The molecule has 1 fully saturated rings. The van der Waals surface area contributed by atoms with Gasteiger partial charge in [-0.2, -0.15) is 10.1 Å². The van der Waals surface area contributed by atoms with Crippen molar-refractivity contribution in [1.29, 1.82) is 0 Å². The Bertz CT molecular complexity index is 924. The van der Waals surface area contributed by atoms with Crippen molar-refractivity contribution >= 4 is 11.7 Å². The van der Waals surface area contributed by atoms with Crippen LogP contribution in [0.25, 0.3) is 5.78 Å². The summed E-state index contributed by atoms with van der Waals surface area (Å²) in [5.41, 5.74) is 0.259. The van der Waals surface area contributed by atoms with E-state index in [1.807, 2.05) is 6.92 Å². The molecule has 1 aliphatic rings. The Hall–Kier alpha value is -2.91. The molecule has 4 rings (SSSR count). The molecule has 4 heterocycles. The first-order valence-corrected chi connectivity index (χ1v) is 8.32. The number of aromatic nitrogens is 6. The standard InChI is InChI=1S/C16H17F2N7O/c1-9-2-5-24(15(26)14-19-3-4-20-14)7-10(9)12-6-11(13(17)18)23-16-21-8-22-25(12)16/h3-4,6,8-10,13H,2,5,7H2,1H3,(H,19,20)/t9?,10-/m1/s1. The number of aromatic amines is 1. The van der Waals surface area contributed by atoms with Crippen LogP contribution in [0.3, 0.4) is 0 Å². The van der Waals surface area contributed by atoms with Crippen LogP contribution in [-0.2, 0) is 0 Å². The van der Waals surface area contributed by atoms with E-state index in [2.05, 4.69) is 25.0 Å². The Morgan fingerprint density at radius 3 is 2.96 bits per heavy atom. The van der Waals surface area contributed by atoms with E-state index in [-0.39, 0.29) is 35.0 Å². The van der Waals surface area contributed by atoms with Crippen LogP contribution in [0, 0.1) is 5.92 Å². The van der Waals surface area contributed by atoms with Crippen LogP contribution in [0.4, 0.5) is 8.78 Å². The first kappa shape index (κ1) is 16.6. The minimum absolute atomic E-state index is 0.138. The molecular formula is C16H17F2N7O. The van der Waals surface area contributed by atoms with Crippen LogP contribution < -0.4 is 0 Å². The summed E-state index contributed by atoms with van der Waals surface area (Å²) in [6.45, 7) is 3.03. The zero-order valence-corrected chi connectivity index (χ0v) is 14.0. The van der Waals surface area contributed by atoms with E-state index >= 15 is 0 Å². The smallest absolute Gasteiger partial charge is 0.289 e. The van der Waals surface area contributed by atoms with E-state index in [1.54, 1.807) is 11.1 Å². The number of piperidine rings is 1. The van der Waals surface area contributed by atoms with Gasteiger partial charge in [0.05, 0.1) is 5.69 Å². The fourth-order valence-corrected chi connectivity index (χ4v) is 3.40. The summed E-state index contributed by atoms with van der Waals surface area (Å²) < 4.78 is 28.0. The number of likely N-dealkylation sites (tertiary alicyclic amines) is 1. The topological polar surface area (TPSA) is 92.1 Å². The minimum atomic E-state index is -2.70. The largest absolute Gasteiger partial charge is 0.341 e. The number of nitrogens with one attached hydrogen (secondary N) is 1. The number of hydrogen-bond donors (Lipinski definition) is 1. The first-order chi connectivity index (χ1) is 12.5. The van der Waals surface area contributed by atoms with Gasteiger partial charge in [0.15, 0.2) is 5.82 Å². The van der Waals surface area contributed by atoms with Crippen molar-refractivity contribution in [2.45, 2.75) is 25.7 Å². The maximum atomic E-state index is 13.2. The Morgan fingerprint density at radius 1 is 1.38 bits per heavy atom. The third kappa shape index (κ3) is 2.80. The molecule has 0 spiro atoms. The number of H-pyrrole nitrogens is 1. The van der Waals surface area contributed by atoms with E-state index in [0.717, 1.165) is 6.42 Å². The lowest BCUT2D eigenvalue weighted by Gasteiger charge is -2.36. The average molecular weight is 361 g/mol. The van der Waals surface area contributed by atoms with Crippen LogP contribution >= 0.6 is 0 Å². The zero-order valence-electron chi connectivity index (χ0n) is 14.0. The molecule has 1 saturated heterocycles. The van der Waals surface area contributed by atoms with Crippen molar-refractivity contribution in [3.8, 4) is 0 Å². The Morgan fingerprint density at radius 2 is 2.23 bits per heavy atom. The van der Waals surface area contributed by atoms with Crippen molar-refractivity contribution < 1.29 is 13.6 Å². The molecule has 0 aromatic carbocycles. The van der Waals surface area contributed by atoms with Gasteiger partial charge in [0, 0.05) is 31.4 Å². The third-order valence-corrected chi connectivity index (χ3v) is 4.85. The number of imidazole rings is 1. The number of alkyl halides is 2. The average Bonchev–Trinajstić information content (AvgIpc) is 3.32. The number of fused-ring (bicyclic) bond motifs is 1. The maximum Gasteiger partial charge on any atom is 0.289 e. The molecule has 8 nitrogen and oxygen atoms in total. The molecule has 0 radical (unpaired) electrons. The summed E-state index contributed by atoms with van der Waals surface area (Å²) in [7, 11) is 0. The molecule has 26 heavy (non-hydrogen) atoms. The van der Waals surface area contributed by atoms with E-state index in [1.165, 1.54) is 23.1 Å². The number of carbonyl (C=O) groups excluding carboxylic acids is 1. The summed E-state index contributed by atoms with van der Waals surface area (Å²) in [5.74, 6) is 0.236. The van der Waals surface area contributed by atoms with Gasteiger partial charge in [-0.3, -0.25) is 4.79 Å². The molecule has 0 bridgehead atoms. The molecule has 136 valence electrons. The van der Waals surface area contributed by atoms with Crippen LogP contribution in [0.1, 0.15) is 47.7 Å². The third-order valence-electron chi connectivity index (χ3n) is 4.85. The maximum absolute atomic E-state index is 13.2. The molecule has 3 aromatic rings. The highest BCUT2D eigenvalue weighted by atomic mass is 19.3. The second-order valence-corrected chi connectivity index (χ2v) is 6.44. The van der Waals surface area contributed by atoms with Gasteiger partial charge in [-0.15, -0.1) is 0 Å². The summed E-state index contributed by atoms with van der Waals surface area (Å²) in [6.07, 6.45) is 2.46. The van der Waals surface area contributed by atoms with Gasteiger partial charge in [-0.1, -0.05) is 6.92 Å². The molecule has 0 aliphatic carbocycles. The van der Waals surface area contributed by atoms with E-state index in [4.69, 9.17) is 0 Å². The predicted molar refractivity (Wildman–Crippen MR) is 86.8 cm³/mol. The van der Waals surface area contributed by atoms with Crippen LogP contribution in [0.5, 0.6) is 0 Å². The van der Waals surface area contributed by atoms with Crippen molar-refractivity contribution in [3.05, 3.63) is 42.0 Å². The Balaban J connectivity index is 1.70. The lowest BCUT2D eigenvalue weighted by atomic mass is 9.84. The van der Waals surface area contributed by atoms with E-state index < -0.39 is 6.43 Å². The fourth-order valence-electron chi connectivity index (χ4n) is 3.40. The lowest BCUT2D eigenvalue weighted by Crippen LogP contribution is -2.43. The molecule has 1 unspecified atom stereocenters. The van der Waals surface area contributed by atoms with Gasteiger partial charge in [0.25, 0.3) is 18.1 Å². The van der Waals surface area contributed by atoms with Crippen molar-refractivity contribution in [2.75, 3.05) is 13.1 Å².